The third-order valence-electron chi connectivity index (χ3n) is 6.81. The van der Waals surface area contributed by atoms with Gasteiger partial charge in [0.2, 0.25) is 0 Å². The first kappa shape index (κ1) is 24.0. The van der Waals surface area contributed by atoms with Crippen LogP contribution in [0.3, 0.4) is 0 Å². The van der Waals surface area contributed by atoms with Gasteiger partial charge in [-0.25, -0.2) is 4.98 Å². The zero-order chi connectivity index (χ0) is 24.7. The van der Waals surface area contributed by atoms with Gasteiger partial charge in [0, 0.05) is 43.0 Å². The number of hydrogen-bond donors (Lipinski definition) is 2. The van der Waals surface area contributed by atoms with Gasteiger partial charge in [0.1, 0.15) is 5.82 Å². The summed E-state index contributed by atoms with van der Waals surface area (Å²) in [6.45, 7) is 8.29. The normalized spacial score (nSPS) is 22.1. The van der Waals surface area contributed by atoms with E-state index in [2.05, 4.69) is 26.5 Å². The van der Waals surface area contributed by atoms with Crippen molar-refractivity contribution in [2.45, 2.75) is 70.9 Å². The van der Waals surface area contributed by atoms with Gasteiger partial charge in [-0.15, -0.1) is 10.2 Å². The Morgan fingerprint density at radius 3 is 2.91 bits per heavy atom. The lowest BCUT2D eigenvalue weighted by Gasteiger charge is -2.26. The van der Waals surface area contributed by atoms with Gasteiger partial charge in [0.05, 0.1) is 23.3 Å². The van der Waals surface area contributed by atoms with E-state index in [1.807, 2.05) is 37.6 Å². The number of carbonyl (C=O) groups is 1. The number of ether oxygens (including phenoxy) is 1. The molecule has 4 heterocycles. The standard InChI is InChI=1S/C25H32ClN7O2/c1-4-32-11-18(26)17-10-21(30-31-24(17)32)25(34)28-16-6-7-20-15(9-16)5-8-23(29-20)33-12-19(27)22(13-33)35-14(2)3/h5,8,10-11,14,16,19,22H,4,6-7,9,12-13,27H2,1-3H3,(H,28,34). The molecule has 0 radical (unpaired) electrons. The minimum Gasteiger partial charge on any atom is -0.372 e. The molecule has 3 N–H and O–H groups in total. The number of rotatable bonds is 6. The lowest BCUT2D eigenvalue weighted by Crippen LogP contribution is -2.39. The van der Waals surface area contributed by atoms with Crippen LogP contribution in [0.4, 0.5) is 5.82 Å². The molecule has 1 amide bonds. The number of nitrogens with one attached hydrogen (secondary N) is 1. The van der Waals surface area contributed by atoms with Crippen molar-refractivity contribution in [3.63, 3.8) is 0 Å². The fourth-order valence-corrected chi connectivity index (χ4v) is 5.29. The summed E-state index contributed by atoms with van der Waals surface area (Å²) in [5, 5.41) is 12.8. The molecule has 3 unspecified atom stereocenters. The van der Waals surface area contributed by atoms with Crippen LogP contribution >= 0.6 is 11.6 Å². The van der Waals surface area contributed by atoms with Crippen molar-refractivity contribution in [1.82, 2.24) is 25.1 Å². The highest BCUT2D eigenvalue weighted by molar-refractivity contribution is 6.35. The minimum atomic E-state index is -0.236. The Morgan fingerprint density at radius 1 is 1.31 bits per heavy atom. The summed E-state index contributed by atoms with van der Waals surface area (Å²) in [7, 11) is 0. The average Bonchev–Trinajstić information content (AvgIpc) is 3.37. The Labute approximate surface area is 210 Å². The summed E-state index contributed by atoms with van der Waals surface area (Å²) in [5.74, 6) is 0.705. The smallest absolute Gasteiger partial charge is 0.272 e. The van der Waals surface area contributed by atoms with Crippen LogP contribution < -0.4 is 16.0 Å². The second-order valence-corrected chi connectivity index (χ2v) is 10.1. The van der Waals surface area contributed by atoms with Gasteiger partial charge in [-0.1, -0.05) is 17.7 Å². The lowest BCUT2D eigenvalue weighted by molar-refractivity contribution is 0.0127. The van der Waals surface area contributed by atoms with E-state index in [1.54, 1.807) is 6.07 Å². The van der Waals surface area contributed by atoms with E-state index in [0.29, 0.717) is 10.7 Å². The van der Waals surface area contributed by atoms with E-state index in [-0.39, 0.29) is 35.9 Å². The fourth-order valence-electron chi connectivity index (χ4n) is 5.03. The van der Waals surface area contributed by atoms with Crippen molar-refractivity contribution >= 4 is 34.4 Å². The number of pyridine rings is 1. The van der Waals surface area contributed by atoms with Crippen molar-refractivity contribution in [2.75, 3.05) is 18.0 Å². The van der Waals surface area contributed by atoms with Crippen LogP contribution in [0.5, 0.6) is 0 Å². The van der Waals surface area contributed by atoms with Gasteiger partial charge in [-0.05, 0) is 57.7 Å². The zero-order valence-electron chi connectivity index (χ0n) is 20.4. The van der Waals surface area contributed by atoms with Crippen LogP contribution in [0.25, 0.3) is 11.0 Å². The Morgan fingerprint density at radius 2 is 2.14 bits per heavy atom. The molecule has 35 heavy (non-hydrogen) atoms. The molecular formula is C25H32ClN7O2. The minimum absolute atomic E-state index is 0.0138. The van der Waals surface area contributed by atoms with Gasteiger partial charge in [-0.3, -0.25) is 4.79 Å². The van der Waals surface area contributed by atoms with Gasteiger partial charge < -0.3 is 25.3 Å². The topological polar surface area (TPSA) is 111 Å². The molecule has 1 fully saturated rings. The summed E-state index contributed by atoms with van der Waals surface area (Å²) in [4.78, 5) is 20.1. The first-order chi connectivity index (χ1) is 16.8. The van der Waals surface area contributed by atoms with Crippen molar-refractivity contribution in [2.24, 2.45) is 5.73 Å². The molecule has 2 aliphatic rings. The average molecular weight is 498 g/mol. The van der Waals surface area contributed by atoms with Crippen LogP contribution in [0.2, 0.25) is 5.02 Å². The van der Waals surface area contributed by atoms with E-state index in [1.165, 1.54) is 0 Å². The third-order valence-corrected chi connectivity index (χ3v) is 7.11. The number of hydrogen-bond acceptors (Lipinski definition) is 7. The van der Waals surface area contributed by atoms with Crippen molar-refractivity contribution < 1.29 is 9.53 Å². The van der Waals surface area contributed by atoms with E-state index in [0.717, 1.165) is 61.4 Å². The number of halogens is 1. The maximum absolute atomic E-state index is 12.9. The monoisotopic (exact) mass is 497 g/mol. The highest BCUT2D eigenvalue weighted by Crippen LogP contribution is 2.27. The maximum Gasteiger partial charge on any atom is 0.272 e. The summed E-state index contributed by atoms with van der Waals surface area (Å²) < 4.78 is 7.88. The number of aromatic nitrogens is 4. The number of fused-ring (bicyclic) bond motifs is 2. The fraction of sp³-hybridized carbons (Fsp3) is 0.520. The van der Waals surface area contributed by atoms with E-state index in [4.69, 9.17) is 27.1 Å². The molecule has 1 saturated heterocycles. The molecule has 9 nitrogen and oxygen atoms in total. The molecule has 186 valence electrons. The second-order valence-electron chi connectivity index (χ2n) is 9.71. The zero-order valence-corrected chi connectivity index (χ0v) is 21.1. The lowest BCUT2D eigenvalue weighted by atomic mass is 9.91. The quantitative estimate of drug-likeness (QED) is 0.538. The third kappa shape index (κ3) is 4.85. The van der Waals surface area contributed by atoms with Gasteiger partial charge in [-0.2, -0.15) is 0 Å². The Kier molecular flexibility index (Phi) is 6.65. The van der Waals surface area contributed by atoms with Crippen LogP contribution in [-0.2, 0) is 24.1 Å². The van der Waals surface area contributed by atoms with E-state index >= 15 is 0 Å². The Bertz CT molecular complexity index is 1240. The van der Waals surface area contributed by atoms with Crippen molar-refractivity contribution in [1.29, 1.82) is 0 Å². The van der Waals surface area contributed by atoms with Crippen LogP contribution in [0, 0.1) is 0 Å². The number of aryl methyl sites for hydroxylation is 2. The predicted octanol–water partition coefficient (Wildman–Crippen LogP) is 2.73. The SMILES string of the molecule is CCn1cc(Cl)c2cc(C(=O)NC3CCc4nc(N5CC(N)C(OC(C)C)C5)ccc4C3)nnc21. The summed E-state index contributed by atoms with van der Waals surface area (Å²) >= 11 is 6.33. The molecule has 0 aromatic carbocycles. The van der Waals surface area contributed by atoms with Gasteiger partial charge in [0.25, 0.3) is 5.91 Å². The molecule has 5 rings (SSSR count). The molecule has 0 bridgehead atoms. The molecule has 3 aromatic heterocycles. The second kappa shape index (κ2) is 9.72. The number of carbonyl (C=O) groups excluding carboxylic acids is 1. The Balaban J connectivity index is 1.24. The van der Waals surface area contributed by atoms with Gasteiger partial charge in [0.15, 0.2) is 11.3 Å². The van der Waals surface area contributed by atoms with Crippen molar-refractivity contribution in [3.05, 3.63) is 46.4 Å². The number of anilines is 1. The molecule has 0 saturated carbocycles. The summed E-state index contributed by atoms with van der Waals surface area (Å²) in [6, 6.07) is 5.88. The largest absolute Gasteiger partial charge is 0.372 e. The molecular weight excluding hydrogens is 466 g/mol. The molecule has 3 aromatic rings. The number of nitrogens with zero attached hydrogens (tertiary/aromatic N) is 5. The van der Waals surface area contributed by atoms with Crippen LogP contribution in [-0.4, -0.2) is 63.0 Å². The first-order valence-electron chi connectivity index (χ1n) is 12.3. The Hall–Kier alpha value is -2.75. The first-order valence-corrected chi connectivity index (χ1v) is 12.7. The number of nitrogens with two attached hydrogens (primary N) is 1. The van der Waals surface area contributed by atoms with Crippen LogP contribution in [0.15, 0.2) is 24.4 Å². The van der Waals surface area contributed by atoms with E-state index < -0.39 is 0 Å². The summed E-state index contributed by atoms with van der Waals surface area (Å²) in [6.07, 6.45) is 4.33. The highest BCUT2D eigenvalue weighted by atomic mass is 35.5. The molecule has 10 heteroatoms. The maximum atomic E-state index is 12.9. The molecule has 1 aliphatic heterocycles. The molecule has 1 aliphatic carbocycles. The predicted molar refractivity (Wildman–Crippen MR) is 136 cm³/mol. The summed E-state index contributed by atoms with van der Waals surface area (Å²) in [5.41, 5.74) is 9.51. The van der Waals surface area contributed by atoms with Crippen LogP contribution in [0.1, 0.15) is 48.9 Å². The molecule has 0 spiro atoms. The van der Waals surface area contributed by atoms with Gasteiger partial charge >= 0.3 is 0 Å². The highest BCUT2D eigenvalue weighted by Gasteiger charge is 2.33. The van der Waals surface area contributed by atoms with Crippen molar-refractivity contribution in [3.8, 4) is 0 Å². The molecule has 3 atom stereocenters. The number of amides is 1. The van der Waals surface area contributed by atoms with E-state index in [9.17, 15) is 4.79 Å².